The van der Waals surface area contributed by atoms with Crippen LogP contribution in [0.2, 0.25) is 0 Å². The molecule has 0 saturated heterocycles. The summed E-state index contributed by atoms with van der Waals surface area (Å²) < 4.78 is 11.5. The third-order valence-electron chi connectivity index (χ3n) is 16.2. The van der Waals surface area contributed by atoms with E-state index in [9.17, 15) is 9.59 Å². The maximum Gasteiger partial charge on any atom is 0.407 e. The molecule has 5 heteroatoms. The van der Waals surface area contributed by atoms with Crippen LogP contribution < -0.4 is 5.32 Å². The third-order valence-corrected chi connectivity index (χ3v) is 16.2. The fourth-order valence-corrected chi connectivity index (χ4v) is 12.3. The smallest absolute Gasteiger partial charge is 0.407 e. The average Bonchev–Trinajstić information content (AvgIpc) is 2.95. The molecule has 10 atom stereocenters. The van der Waals surface area contributed by atoms with Gasteiger partial charge >= 0.3 is 12.1 Å². The van der Waals surface area contributed by atoms with Crippen LogP contribution in [0.5, 0.6) is 0 Å². The molecular weight excluding hydrogens is 546 g/mol. The quantitative estimate of drug-likeness (QED) is 0.239. The van der Waals surface area contributed by atoms with Crippen molar-refractivity contribution in [2.24, 2.45) is 61.6 Å². The number of hydrogen-bond donors (Lipinski definition) is 1. The molecule has 0 spiro atoms. The van der Waals surface area contributed by atoms with Crippen molar-refractivity contribution in [3.8, 4) is 0 Å². The summed E-state index contributed by atoms with van der Waals surface area (Å²) in [6.07, 6.45) is 14.6. The lowest BCUT2D eigenvalue weighted by molar-refractivity contribution is -0.263. The van der Waals surface area contributed by atoms with Gasteiger partial charge in [0.05, 0.1) is 12.0 Å². The van der Waals surface area contributed by atoms with E-state index in [0.717, 1.165) is 31.1 Å². The van der Waals surface area contributed by atoms with Crippen LogP contribution in [0.3, 0.4) is 0 Å². The molecule has 5 fully saturated rings. The van der Waals surface area contributed by atoms with Crippen LogP contribution in [-0.4, -0.2) is 31.3 Å². The molecule has 5 saturated carbocycles. The average molecular weight is 614 g/mol. The van der Waals surface area contributed by atoms with Crippen LogP contribution in [0.1, 0.15) is 153 Å². The molecule has 0 aromatic rings. The number of carbonyl (C=O) groups is 2. The van der Waals surface area contributed by atoms with Crippen LogP contribution in [0.25, 0.3) is 0 Å². The third kappa shape index (κ3) is 5.25. The summed E-state index contributed by atoms with van der Waals surface area (Å²) in [5.41, 5.74) is 1.81. The van der Waals surface area contributed by atoms with Gasteiger partial charge < -0.3 is 14.8 Å². The Kier molecular flexibility index (Phi) is 8.66. The summed E-state index contributed by atoms with van der Waals surface area (Å²) in [5, 5.41) is 2.85. The van der Waals surface area contributed by atoms with Crippen molar-refractivity contribution in [1.29, 1.82) is 0 Å². The zero-order valence-corrected chi connectivity index (χ0v) is 30.4. The summed E-state index contributed by atoms with van der Waals surface area (Å²) in [4.78, 5) is 25.1. The van der Waals surface area contributed by atoms with E-state index < -0.39 is 5.41 Å². The maximum atomic E-state index is 12.9. The molecule has 0 radical (unpaired) electrons. The first-order chi connectivity index (χ1) is 20.3. The molecule has 5 nitrogen and oxygen atoms in total. The number of rotatable bonds is 6. The van der Waals surface area contributed by atoms with Crippen LogP contribution in [0.4, 0.5) is 4.79 Å². The first-order valence-electron chi connectivity index (χ1n) is 18.4. The highest BCUT2D eigenvalue weighted by atomic mass is 16.6. The van der Waals surface area contributed by atoms with Gasteiger partial charge in [-0.25, -0.2) is 4.79 Å². The summed E-state index contributed by atoms with van der Waals surface area (Å²) in [5.74, 6) is 2.38. The number of alkyl carbamates (subject to hydrolysis) is 1. The van der Waals surface area contributed by atoms with Crippen molar-refractivity contribution < 1.29 is 19.1 Å². The number of carbonyl (C=O) groups excluding carboxylic acids is 2. The first kappa shape index (κ1) is 34.1. The SMILES string of the molecule is CCC(C)(C)C(=O)OCCNC(=O)OC1CCC2C(C)(CCC3C2(C)CCC2(C)C4CC(C)(C)CCC4(C)CCC32C)C1C. The Balaban J connectivity index is 1.25. The molecular formula is C39H67NO4. The van der Waals surface area contributed by atoms with Crippen LogP contribution in [0, 0.1) is 61.6 Å². The fourth-order valence-electron chi connectivity index (χ4n) is 12.3. The summed E-state index contributed by atoms with van der Waals surface area (Å²) in [6, 6.07) is 0. The number of esters is 1. The Morgan fingerprint density at radius 2 is 1.41 bits per heavy atom. The van der Waals surface area contributed by atoms with Gasteiger partial charge in [0.2, 0.25) is 0 Å². The highest BCUT2D eigenvalue weighted by molar-refractivity contribution is 5.75. The predicted molar refractivity (Wildman–Crippen MR) is 178 cm³/mol. The van der Waals surface area contributed by atoms with Gasteiger partial charge in [0, 0.05) is 0 Å². The molecule has 0 heterocycles. The number of ether oxygens (including phenoxy) is 2. The van der Waals surface area contributed by atoms with Crippen molar-refractivity contribution in [2.75, 3.05) is 13.2 Å². The van der Waals surface area contributed by atoms with Crippen LogP contribution in [0.15, 0.2) is 0 Å². The van der Waals surface area contributed by atoms with Gasteiger partial charge in [-0.3, -0.25) is 4.79 Å². The van der Waals surface area contributed by atoms with Crippen molar-refractivity contribution in [3.63, 3.8) is 0 Å². The largest absolute Gasteiger partial charge is 0.463 e. The topological polar surface area (TPSA) is 64.6 Å². The number of hydrogen-bond acceptors (Lipinski definition) is 4. The van der Waals surface area contributed by atoms with E-state index >= 15 is 0 Å². The molecule has 0 aromatic heterocycles. The van der Waals surface area contributed by atoms with Gasteiger partial charge in [-0.15, -0.1) is 0 Å². The van der Waals surface area contributed by atoms with Gasteiger partial charge in [-0.2, -0.15) is 0 Å². The lowest BCUT2D eigenvalue weighted by Gasteiger charge is -2.75. The summed E-state index contributed by atoms with van der Waals surface area (Å²) >= 11 is 0. The number of nitrogens with one attached hydrogen (secondary N) is 1. The highest BCUT2D eigenvalue weighted by Crippen LogP contribution is 2.78. The predicted octanol–water partition coefficient (Wildman–Crippen LogP) is 9.96. The maximum absolute atomic E-state index is 12.9. The van der Waals surface area contributed by atoms with Gasteiger partial charge in [0.15, 0.2) is 0 Å². The molecule has 5 aliphatic carbocycles. The molecule has 0 aromatic carbocycles. The molecule has 252 valence electrons. The molecule has 5 aliphatic rings. The van der Waals surface area contributed by atoms with Gasteiger partial charge in [0.25, 0.3) is 0 Å². The van der Waals surface area contributed by atoms with Crippen LogP contribution in [-0.2, 0) is 14.3 Å². The molecule has 44 heavy (non-hydrogen) atoms. The Morgan fingerprint density at radius 1 is 0.773 bits per heavy atom. The second kappa shape index (κ2) is 11.2. The molecule has 1 amide bonds. The molecule has 0 bridgehead atoms. The highest BCUT2D eigenvalue weighted by Gasteiger charge is 2.71. The monoisotopic (exact) mass is 614 g/mol. The van der Waals surface area contributed by atoms with Gasteiger partial charge in [-0.1, -0.05) is 62.3 Å². The van der Waals surface area contributed by atoms with Crippen LogP contribution >= 0.6 is 0 Å². The Hall–Kier alpha value is -1.26. The van der Waals surface area contributed by atoms with Gasteiger partial charge in [0.1, 0.15) is 12.7 Å². The van der Waals surface area contributed by atoms with Crippen molar-refractivity contribution in [2.45, 2.75) is 159 Å². The Bertz CT molecular complexity index is 1120. The minimum Gasteiger partial charge on any atom is -0.463 e. The number of fused-ring (bicyclic) bond motifs is 7. The second-order valence-corrected chi connectivity index (χ2v) is 19.2. The van der Waals surface area contributed by atoms with E-state index in [1.807, 2.05) is 20.8 Å². The molecule has 5 rings (SSSR count). The summed E-state index contributed by atoms with van der Waals surface area (Å²) in [6.45, 7) is 27.0. The van der Waals surface area contributed by atoms with Crippen molar-refractivity contribution in [1.82, 2.24) is 5.32 Å². The number of amides is 1. The van der Waals surface area contributed by atoms with Crippen molar-refractivity contribution >= 4 is 12.1 Å². The molecule has 1 N–H and O–H groups in total. The minimum absolute atomic E-state index is 0.0673. The van der Waals surface area contributed by atoms with E-state index in [-0.39, 0.29) is 36.7 Å². The fraction of sp³-hybridized carbons (Fsp3) is 0.949. The van der Waals surface area contributed by atoms with E-state index in [1.54, 1.807) is 0 Å². The van der Waals surface area contributed by atoms with Crippen molar-refractivity contribution in [3.05, 3.63) is 0 Å². The van der Waals surface area contributed by atoms with E-state index in [0.29, 0.717) is 38.9 Å². The lowest BCUT2D eigenvalue weighted by Crippen LogP contribution is -2.68. The van der Waals surface area contributed by atoms with E-state index in [1.165, 1.54) is 57.8 Å². The zero-order valence-electron chi connectivity index (χ0n) is 30.4. The summed E-state index contributed by atoms with van der Waals surface area (Å²) in [7, 11) is 0. The Morgan fingerprint density at radius 3 is 2.09 bits per heavy atom. The molecule has 0 aliphatic heterocycles. The van der Waals surface area contributed by atoms with E-state index in [2.05, 4.69) is 60.7 Å². The zero-order chi connectivity index (χ0) is 32.6. The lowest BCUT2D eigenvalue weighted by atomic mass is 9.30. The first-order valence-corrected chi connectivity index (χ1v) is 18.4. The Labute approximate surface area is 270 Å². The second-order valence-electron chi connectivity index (χ2n) is 19.2. The standard InChI is InChI=1S/C39H67NO4/c1-12-34(5,6)31(41)43-24-23-40-32(42)44-27-13-14-28-36(8,26(27)2)16-15-29-37(28,9)20-22-39(11)30-25-33(3,4)17-18-35(30,7)19-21-38(29,39)10/h26-30H,12-25H2,1-11H3,(H,40,42). The minimum atomic E-state index is -0.502. The molecule has 10 unspecified atom stereocenters. The van der Waals surface area contributed by atoms with E-state index in [4.69, 9.17) is 9.47 Å². The van der Waals surface area contributed by atoms with Gasteiger partial charge in [-0.05, 0) is 147 Å². The normalized spacial score (nSPS) is 46.4.